The molecule has 0 radical (unpaired) electrons. The van der Waals surface area contributed by atoms with E-state index < -0.39 is 21.8 Å². The Kier molecular flexibility index (Phi) is 7.74. The van der Waals surface area contributed by atoms with Gasteiger partial charge in [0.05, 0.1) is 13.7 Å². The Hall–Kier alpha value is -2.91. The van der Waals surface area contributed by atoms with Crippen molar-refractivity contribution in [3.05, 3.63) is 54.1 Å². The number of sulfonamides is 1. The van der Waals surface area contributed by atoms with E-state index in [4.69, 9.17) is 4.74 Å². The van der Waals surface area contributed by atoms with Crippen LogP contribution >= 0.6 is 0 Å². The molecule has 0 spiro atoms. The Bertz CT molecular complexity index is 957. The lowest BCUT2D eigenvalue weighted by molar-refractivity contribution is -0.115. The molecule has 0 aromatic heterocycles. The van der Waals surface area contributed by atoms with Gasteiger partial charge >= 0.3 is 0 Å². The van der Waals surface area contributed by atoms with Crippen molar-refractivity contribution < 1.29 is 22.7 Å². The summed E-state index contributed by atoms with van der Waals surface area (Å²) < 4.78 is 32.2. The number of methoxy groups -OCH3 is 1. The van der Waals surface area contributed by atoms with Gasteiger partial charge in [-0.25, -0.2) is 8.42 Å². The first-order valence-corrected chi connectivity index (χ1v) is 10.6. The van der Waals surface area contributed by atoms with Crippen LogP contribution in [0, 0.1) is 0 Å². The topological polar surface area (TPSA) is 105 Å². The van der Waals surface area contributed by atoms with Crippen molar-refractivity contribution >= 4 is 27.5 Å². The van der Waals surface area contributed by atoms with Gasteiger partial charge in [-0.1, -0.05) is 32.0 Å². The van der Waals surface area contributed by atoms with Crippen LogP contribution in [-0.2, 0) is 14.8 Å². The number of benzene rings is 2. The number of hydrogen-bond donors (Lipinski definition) is 2. The van der Waals surface area contributed by atoms with Crippen molar-refractivity contribution in [2.75, 3.05) is 32.1 Å². The first-order chi connectivity index (χ1) is 13.8. The Labute approximate surface area is 170 Å². The Morgan fingerprint density at radius 1 is 1.03 bits per heavy atom. The summed E-state index contributed by atoms with van der Waals surface area (Å²) in [5.41, 5.74) is 0.729. The van der Waals surface area contributed by atoms with Crippen molar-refractivity contribution in [2.45, 2.75) is 18.7 Å². The highest BCUT2D eigenvalue weighted by Gasteiger charge is 2.26. The summed E-state index contributed by atoms with van der Waals surface area (Å²) in [6, 6.07) is 13.0. The van der Waals surface area contributed by atoms with E-state index >= 15 is 0 Å². The fourth-order valence-electron chi connectivity index (χ4n) is 2.71. The summed E-state index contributed by atoms with van der Waals surface area (Å²) in [4.78, 5) is 24.3. The molecule has 2 N–H and O–H groups in total. The standard InChI is InChI=1S/C20H25N3O5S/c1-4-23(5-2)29(26,27)18-13-15(11-12-17(18)28-3)20(25)21-14-19(24)22-16-9-7-6-8-10-16/h6-13H,4-5,14H2,1-3H3,(H,21,25)(H,22,24). The van der Waals surface area contributed by atoms with Crippen LogP contribution in [0.4, 0.5) is 5.69 Å². The molecule has 0 fully saturated rings. The Morgan fingerprint density at radius 3 is 2.28 bits per heavy atom. The molecular formula is C20H25N3O5S. The van der Waals surface area contributed by atoms with E-state index in [0.717, 1.165) is 0 Å². The Morgan fingerprint density at radius 2 is 1.69 bits per heavy atom. The monoisotopic (exact) mass is 419 g/mol. The first kappa shape index (κ1) is 22.4. The number of ether oxygens (including phenoxy) is 1. The molecule has 0 saturated heterocycles. The highest BCUT2D eigenvalue weighted by atomic mass is 32.2. The highest BCUT2D eigenvalue weighted by Crippen LogP contribution is 2.27. The van der Waals surface area contributed by atoms with Crippen LogP contribution in [0.5, 0.6) is 5.75 Å². The van der Waals surface area contributed by atoms with Crippen molar-refractivity contribution in [3.63, 3.8) is 0 Å². The van der Waals surface area contributed by atoms with Crippen LogP contribution < -0.4 is 15.4 Å². The molecule has 0 atom stereocenters. The second-order valence-corrected chi connectivity index (χ2v) is 7.96. The number of hydrogen-bond acceptors (Lipinski definition) is 5. The van der Waals surface area contributed by atoms with Gasteiger partial charge in [0.2, 0.25) is 15.9 Å². The molecule has 0 aliphatic heterocycles. The molecule has 2 amide bonds. The molecule has 29 heavy (non-hydrogen) atoms. The van der Waals surface area contributed by atoms with Crippen molar-refractivity contribution in [1.29, 1.82) is 0 Å². The van der Waals surface area contributed by atoms with Gasteiger partial charge in [-0.3, -0.25) is 9.59 Å². The van der Waals surface area contributed by atoms with E-state index in [1.807, 2.05) is 6.07 Å². The third-order valence-electron chi connectivity index (χ3n) is 4.22. The summed E-state index contributed by atoms with van der Waals surface area (Å²) in [6.07, 6.45) is 0. The molecule has 0 heterocycles. The molecule has 8 nitrogen and oxygen atoms in total. The summed E-state index contributed by atoms with van der Waals surface area (Å²) >= 11 is 0. The maximum absolute atomic E-state index is 12.9. The van der Waals surface area contributed by atoms with Gasteiger partial charge in [0.25, 0.3) is 5.91 Å². The Balaban J connectivity index is 2.16. The quantitative estimate of drug-likeness (QED) is 0.648. The molecule has 2 aromatic rings. The highest BCUT2D eigenvalue weighted by molar-refractivity contribution is 7.89. The zero-order valence-electron chi connectivity index (χ0n) is 16.6. The number of nitrogens with zero attached hydrogens (tertiary/aromatic N) is 1. The average Bonchev–Trinajstić information content (AvgIpc) is 2.73. The zero-order valence-corrected chi connectivity index (χ0v) is 17.5. The fraction of sp³-hybridized carbons (Fsp3) is 0.300. The SMILES string of the molecule is CCN(CC)S(=O)(=O)c1cc(C(=O)NCC(=O)Nc2ccccc2)ccc1OC. The minimum Gasteiger partial charge on any atom is -0.495 e. The molecule has 156 valence electrons. The van der Waals surface area contributed by atoms with E-state index in [1.54, 1.807) is 38.1 Å². The van der Waals surface area contributed by atoms with Gasteiger partial charge in [0.1, 0.15) is 10.6 Å². The molecule has 0 aliphatic carbocycles. The third kappa shape index (κ3) is 5.55. The van der Waals surface area contributed by atoms with Gasteiger partial charge < -0.3 is 15.4 Å². The lowest BCUT2D eigenvalue weighted by Gasteiger charge is -2.20. The largest absolute Gasteiger partial charge is 0.495 e. The number of rotatable bonds is 9. The van der Waals surface area contributed by atoms with Crippen LogP contribution in [0.3, 0.4) is 0 Å². The number of carbonyl (C=O) groups excluding carboxylic acids is 2. The van der Waals surface area contributed by atoms with Crippen LogP contribution in [-0.4, -0.2) is 51.3 Å². The molecule has 2 aromatic carbocycles. The first-order valence-electron chi connectivity index (χ1n) is 9.14. The van der Waals surface area contributed by atoms with Gasteiger partial charge in [0.15, 0.2) is 0 Å². The summed E-state index contributed by atoms with van der Waals surface area (Å²) in [5, 5.41) is 5.15. The number of anilines is 1. The van der Waals surface area contributed by atoms with E-state index in [1.165, 1.54) is 29.6 Å². The predicted molar refractivity (Wildman–Crippen MR) is 111 cm³/mol. The van der Waals surface area contributed by atoms with E-state index in [2.05, 4.69) is 10.6 Å². The molecule has 0 aliphatic rings. The lowest BCUT2D eigenvalue weighted by Crippen LogP contribution is -2.33. The minimum absolute atomic E-state index is 0.0925. The van der Waals surface area contributed by atoms with Crippen LogP contribution in [0.2, 0.25) is 0 Å². The lowest BCUT2D eigenvalue weighted by atomic mass is 10.2. The van der Waals surface area contributed by atoms with Gasteiger partial charge in [-0.05, 0) is 30.3 Å². The van der Waals surface area contributed by atoms with Crippen molar-refractivity contribution in [2.24, 2.45) is 0 Å². The molecular weight excluding hydrogens is 394 g/mol. The second-order valence-electron chi connectivity index (χ2n) is 6.05. The molecule has 9 heteroatoms. The number of carbonyl (C=O) groups is 2. The van der Waals surface area contributed by atoms with E-state index in [0.29, 0.717) is 5.69 Å². The maximum atomic E-state index is 12.9. The number of para-hydroxylation sites is 1. The van der Waals surface area contributed by atoms with Crippen molar-refractivity contribution in [3.8, 4) is 5.75 Å². The van der Waals surface area contributed by atoms with Crippen LogP contribution in [0.1, 0.15) is 24.2 Å². The summed E-state index contributed by atoms with van der Waals surface area (Å²) in [5.74, 6) is -0.809. The third-order valence-corrected chi connectivity index (χ3v) is 6.29. The van der Waals surface area contributed by atoms with Gasteiger partial charge in [-0.2, -0.15) is 4.31 Å². The molecule has 0 saturated carbocycles. The normalized spacial score (nSPS) is 11.2. The number of nitrogens with one attached hydrogen (secondary N) is 2. The van der Waals surface area contributed by atoms with Gasteiger partial charge in [0, 0.05) is 24.3 Å². The molecule has 0 unspecified atom stereocenters. The second kappa shape index (κ2) is 10.0. The summed E-state index contributed by atoms with van der Waals surface area (Å²) in [7, 11) is -2.46. The minimum atomic E-state index is -3.82. The van der Waals surface area contributed by atoms with Crippen LogP contribution in [0.15, 0.2) is 53.4 Å². The number of amides is 2. The average molecular weight is 420 g/mol. The van der Waals surface area contributed by atoms with E-state index in [-0.39, 0.29) is 35.8 Å². The maximum Gasteiger partial charge on any atom is 0.251 e. The van der Waals surface area contributed by atoms with Crippen LogP contribution in [0.25, 0.3) is 0 Å². The molecule has 2 rings (SSSR count). The van der Waals surface area contributed by atoms with Gasteiger partial charge in [-0.15, -0.1) is 0 Å². The van der Waals surface area contributed by atoms with Crippen molar-refractivity contribution in [1.82, 2.24) is 9.62 Å². The zero-order chi connectivity index (χ0) is 21.4. The fourth-order valence-corrected chi connectivity index (χ4v) is 4.35. The summed E-state index contributed by atoms with van der Waals surface area (Å²) in [6.45, 7) is 3.79. The predicted octanol–water partition coefficient (Wildman–Crippen LogP) is 2.09. The van der Waals surface area contributed by atoms with E-state index in [9.17, 15) is 18.0 Å². The smallest absolute Gasteiger partial charge is 0.251 e. The molecule has 0 bridgehead atoms.